The van der Waals surface area contributed by atoms with Gasteiger partial charge in [0.1, 0.15) is 6.29 Å². The Morgan fingerprint density at radius 1 is 0.757 bits per heavy atom. The van der Waals surface area contributed by atoms with E-state index in [-0.39, 0.29) is 12.0 Å². The van der Waals surface area contributed by atoms with E-state index in [1.165, 1.54) is 89.5 Å². The lowest BCUT2D eigenvalue weighted by molar-refractivity contribution is -0.123. The maximum absolute atomic E-state index is 10.2. The van der Waals surface area contributed by atoms with Crippen LogP contribution in [0.25, 0.3) is 0 Å². The Balaban J connectivity index is -0.000000420. The quantitative estimate of drug-likeness (QED) is 0.104. The first-order valence-corrected chi connectivity index (χ1v) is 14.2. The average molecular weight is 531 g/mol. The van der Waals surface area contributed by atoms with E-state index in [2.05, 4.69) is 13.8 Å². The van der Waals surface area contributed by atoms with E-state index in [0.717, 1.165) is 26.1 Å². The van der Waals surface area contributed by atoms with Crippen molar-refractivity contribution in [2.24, 2.45) is 0 Å². The maximum Gasteiger partial charge on any atom is 0.161 e. The predicted octanol–water partition coefficient (Wildman–Crippen LogP) is 7.30. The van der Waals surface area contributed by atoms with Gasteiger partial charge in [0.05, 0.1) is 7.11 Å². The van der Waals surface area contributed by atoms with Gasteiger partial charge in [-0.25, -0.2) is 0 Å². The highest BCUT2D eigenvalue weighted by atomic mass is 16.7. The number of aliphatic hydroxyl groups is 2. The summed E-state index contributed by atoms with van der Waals surface area (Å²) in [4.78, 5) is 10.2. The van der Waals surface area contributed by atoms with Crippen molar-refractivity contribution in [3.05, 3.63) is 23.8 Å². The molecule has 0 heterocycles. The normalized spacial score (nSPS) is 9.86. The molecule has 1 aromatic rings. The Morgan fingerprint density at radius 3 is 1.54 bits per heavy atom. The number of carbonyl (C=O) groups excluding carboxylic acids is 1. The number of phenols is 1. The second kappa shape index (κ2) is 34.3. The van der Waals surface area contributed by atoms with Gasteiger partial charge < -0.3 is 29.5 Å². The number of aromatic hydroxyl groups is 1. The molecule has 7 heteroatoms. The van der Waals surface area contributed by atoms with Gasteiger partial charge in [-0.3, -0.25) is 4.79 Å². The minimum absolute atomic E-state index is 0.0370. The van der Waals surface area contributed by atoms with Crippen molar-refractivity contribution in [2.45, 2.75) is 118 Å². The van der Waals surface area contributed by atoms with Crippen molar-refractivity contribution in [1.82, 2.24) is 0 Å². The molecule has 0 unspecified atom stereocenters. The van der Waals surface area contributed by atoms with Gasteiger partial charge in [-0.1, -0.05) is 78.1 Å². The fourth-order valence-corrected chi connectivity index (χ4v) is 3.07. The topological polar surface area (TPSA) is 105 Å². The van der Waals surface area contributed by atoms with Crippen molar-refractivity contribution >= 4 is 6.29 Å². The molecule has 0 saturated carbocycles. The molecule has 7 nitrogen and oxygen atoms in total. The molecule has 0 aliphatic carbocycles. The van der Waals surface area contributed by atoms with E-state index < -0.39 is 0 Å². The molecule has 3 N–H and O–H groups in total. The highest BCUT2D eigenvalue weighted by molar-refractivity contribution is 5.76. The fraction of sp³-hybridized carbons (Fsp3) is 0.767. The van der Waals surface area contributed by atoms with Crippen LogP contribution in [-0.4, -0.2) is 61.4 Å². The number of carbonyl (C=O) groups is 1. The van der Waals surface area contributed by atoms with Gasteiger partial charge in [-0.05, 0) is 51.8 Å². The van der Waals surface area contributed by atoms with E-state index in [9.17, 15) is 4.79 Å². The molecule has 0 fully saturated rings. The number of phenolic OH excluding ortho intramolecular Hbond substituents is 1. The first-order chi connectivity index (χ1) is 17.9. The van der Waals surface area contributed by atoms with Gasteiger partial charge in [-0.2, -0.15) is 0 Å². The first kappa shape index (κ1) is 39.8. The number of benzene rings is 1. The van der Waals surface area contributed by atoms with E-state index >= 15 is 0 Å². The minimum Gasteiger partial charge on any atom is -0.504 e. The zero-order valence-electron chi connectivity index (χ0n) is 24.7. The first-order valence-electron chi connectivity index (χ1n) is 14.2. The van der Waals surface area contributed by atoms with E-state index in [0.29, 0.717) is 30.8 Å². The Morgan fingerprint density at radius 2 is 1.19 bits per heavy atom. The number of methoxy groups -OCH3 is 1. The van der Waals surface area contributed by atoms with Gasteiger partial charge in [0, 0.05) is 32.0 Å². The molecule has 0 amide bonds. The lowest BCUT2D eigenvalue weighted by atomic mass is 10.1. The highest BCUT2D eigenvalue weighted by Crippen LogP contribution is 2.25. The van der Waals surface area contributed by atoms with E-state index in [4.69, 9.17) is 29.5 Å². The third-order valence-corrected chi connectivity index (χ3v) is 5.17. The molecule has 0 aliphatic rings. The van der Waals surface area contributed by atoms with Gasteiger partial charge in [0.15, 0.2) is 17.8 Å². The molecule has 0 aliphatic heterocycles. The zero-order valence-corrected chi connectivity index (χ0v) is 24.7. The van der Waals surface area contributed by atoms with Gasteiger partial charge >= 0.3 is 0 Å². The summed E-state index contributed by atoms with van der Waals surface area (Å²) in [6.45, 7) is 12.4. The SMILES string of the molecule is CCCCCCCCO.CCCCCCCCO.CCOC(C)OCC.COc1cc(C=O)ccc1O. The summed E-state index contributed by atoms with van der Waals surface area (Å²) in [6, 6.07) is 4.41. The average Bonchev–Trinajstić information content (AvgIpc) is 2.90. The molecular formula is C30H58O7. The van der Waals surface area contributed by atoms with Crippen LogP contribution >= 0.6 is 0 Å². The summed E-state index contributed by atoms with van der Waals surface area (Å²) in [5, 5.41) is 25.9. The number of hydrogen-bond acceptors (Lipinski definition) is 7. The molecule has 37 heavy (non-hydrogen) atoms. The number of ether oxygens (including phenoxy) is 3. The molecule has 1 aromatic carbocycles. The van der Waals surface area contributed by atoms with Crippen LogP contribution in [0.15, 0.2) is 18.2 Å². The van der Waals surface area contributed by atoms with Crippen molar-refractivity contribution < 1.29 is 34.3 Å². The van der Waals surface area contributed by atoms with Crippen LogP contribution in [0.5, 0.6) is 11.5 Å². The van der Waals surface area contributed by atoms with Crippen LogP contribution < -0.4 is 4.74 Å². The smallest absolute Gasteiger partial charge is 0.161 e. The van der Waals surface area contributed by atoms with E-state index in [1.807, 2.05) is 20.8 Å². The molecule has 0 aromatic heterocycles. The van der Waals surface area contributed by atoms with E-state index in [1.54, 1.807) is 0 Å². The Kier molecular flexibility index (Phi) is 37.0. The fourth-order valence-electron chi connectivity index (χ4n) is 3.07. The van der Waals surface area contributed by atoms with Crippen LogP contribution in [-0.2, 0) is 9.47 Å². The lowest BCUT2D eigenvalue weighted by Crippen LogP contribution is -2.11. The van der Waals surface area contributed by atoms with Gasteiger partial charge in [0.25, 0.3) is 0 Å². The van der Waals surface area contributed by atoms with Crippen LogP contribution in [0.2, 0.25) is 0 Å². The molecule has 0 atom stereocenters. The minimum atomic E-state index is -0.0370. The van der Waals surface area contributed by atoms with Crippen molar-refractivity contribution in [3.8, 4) is 11.5 Å². The van der Waals surface area contributed by atoms with Crippen LogP contribution in [0.4, 0.5) is 0 Å². The summed E-state index contributed by atoms with van der Waals surface area (Å²) in [5.41, 5.74) is 0.486. The summed E-state index contributed by atoms with van der Waals surface area (Å²) >= 11 is 0. The van der Waals surface area contributed by atoms with Crippen molar-refractivity contribution in [3.63, 3.8) is 0 Å². The summed E-state index contributed by atoms with van der Waals surface area (Å²) in [5.74, 6) is 0.354. The second-order valence-electron chi connectivity index (χ2n) is 8.51. The third-order valence-electron chi connectivity index (χ3n) is 5.17. The summed E-state index contributed by atoms with van der Waals surface area (Å²) in [6.07, 6.45) is 15.7. The van der Waals surface area contributed by atoms with Crippen LogP contribution in [0.3, 0.4) is 0 Å². The third kappa shape index (κ3) is 32.3. The molecule has 1 rings (SSSR count). The van der Waals surface area contributed by atoms with Gasteiger partial charge in [-0.15, -0.1) is 0 Å². The van der Waals surface area contributed by atoms with Crippen molar-refractivity contribution in [2.75, 3.05) is 33.5 Å². The van der Waals surface area contributed by atoms with Crippen LogP contribution in [0.1, 0.15) is 122 Å². The number of aliphatic hydroxyl groups excluding tert-OH is 2. The number of rotatable bonds is 18. The Hall–Kier alpha value is -1.67. The standard InChI is InChI=1S/C8H8O3.2C8H18O.C6H14O2/c1-11-8-4-6(5-9)2-3-7(8)10;2*1-2-3-4-5-6-7-8-9;1-4-7-6(3)8-5-2/h2-5,10H,1H3;2*9H,2-8H2,1H3;6H,4-5H2,1-3H3. The molecule has 0 spiro atoms. The molecule has 0 saturated heterocycles. The predicted molar refractivity (Wildman–Crippen MR) is 154 cm³/mol. The van der Waals surface area contributed by atoms with Crippen LogP contribution in [0, 0.1) is 0 Å². The number of aldehydes is 1. The summed E-state index contributed by atoms with van der Waals surface area (Å²) in [7, 11) is 1.43. The van der Waals surface area contributed by atoms with Crippen molar-refractivity contribution in [1.29, 1.82) is 0 Å². The monoisotopic (exact) mass is 530 g/mol. The summed E-state index contributed by atoms with van der Waals surface area (Å²) < 4.78 is 14.9. The highest BCUT2D eigenvalue weighted by Gasteiger charge is 2.00. The second-order valence-corrected chi connectivity index (χ2v) is 8.51. The molecule has 0 bridgehead atoms. The lowest BCUT2D eigenvalue weighted by Gasteiger charge is -2.09. The molecule has 0 radical (unpaired) electrons. The Bertz CT molecular complexity index is 535. The number of hydrogen-bond donors (Lipinski definition) is 3. The maximum atomic E-state index is 10.2. The molecular weight excluding hydrogens is 472 g/mol. The number of unbranched alkanes of at least 4 members (excludes halogenated alkanes) is 10. The molecule has 220 valence electrons. The zero-order chi connectivity index (χ0) is 28.6. The largest absolute Gasteiger partial charge is 0.504 e. The Labute approximate surface area is 227 Å². The van der Waals surface area contributed by atoms with Gasteiger partial charge in [0.2, 0.25) is 0 Å².